The van der Waals surface area contributed by atoms with Gasteiger partial charge in [0.15, 0.2) is 0 Å². The Morgan fingerprint density at radius 1 is 1.10 bits per heavy atom. The second-order valence-electron chi connectivity index (χ2n) is 5.48. The summed E-state index contributed by atoms with van der Waals surface area (Å²) in [4.78, 5) is 15.4. The number of anilines is 2. The van der Waals surface area contributed by atoms with E-state index in [1.54, 1.807) is 0 Å². The number of hydrogen-bond donors (Lipinski definition) is 1. The first-order valence-corrected chi connectivity index (χ1v) is 8.32. The Morgan fingerprint density at radius 3 is 2.43 bits per heavy atom. The molecule has 1 fully saturated rings. The van der Waals surface area contributed by atoms with E-state index in [0.717, 1.165) is 29.2 Å². The Morgan fingerprint density at radius 2 is 1.81 bits per heavy atom. The molecule has 1 aliphatic rings. The molecule has 2 heterocycles. The highest BCUT2D eigenvalue weighted by molar-refractivity contribution is 7.12. The SMILES string of the molecule is Cc1ccsc1C(=O)Nc1ccc(N2CCCCC2)cc1. The lowest BCUT2D eigenvalue weighted by Gasteiger charge is -2.28. The number of carbonyl (C=O) groups is 1. The van der Waals surface area contributed by atoms with Gasteiger partial charge in [-0.3, -0.25) is 4.79 Å². The Labute approximate surface area is 129 Å². The average Bonchev–Trinajstić information content (AvgIpc) is 2.95. The molecule has 21 heavy (non-hydrogen) atoms. The minimum atomic E-state index is -0.0202. The molecule has 2 aromatic rings. The molecule has 1 aliphatic heterocycles. The number of nitrogens with one attached hydrogen (secondary N) is 1. The van der Waals surface area contributed by atoms with Gasteiger partial charge in [-0.15, -0.1) is 11.3 Å². The number of benzene rings is 1. The number of amides is 1. The minimum absolute atomic E-state index is 0.0202. The molecule has 0 aliphatic carbocycles. The summed E-state index contributed by atoms with van der Waals surface area (Å²) < 4.78 is 0. The number of aryl methyl sites for hydroxylation is 1. The van der Waals surface area contributed by atoms with Crippen LogP contribution in [0.15, 0.2) is 35.7 Å². The summed E-state index contributed by atoms with van der Waals surface area (Å²) in [6.45, 7) is 4.24. The zero-order valence-electron chi connectivity index (χ0n) is 12.3. The van der Waals surface area contributed by atoms with E-state index in [4.69, 9.17) is 0 Å². The van der Waals surface area contributed by atoms with Crippen molar-refractivity contribution in [1.29, 1.82) is 0 Å². The molecular weight excluding hydrogens is 280 g/mol. The maximum Gasteiger partial charge on any atom is 0.265 e. The predicted molar refractivity (Wildman–Crippen MR) is 89.5 cm³/mol. The number of rotatable bonds is 3. The van der Waals surface area contributed by atoms with Crippen LogP contribution in [0, 0.1) is 6.92 Å². The molecule has 4 heteroatoms. The molecule has 1 aromatic heterocycles. The maximum absolute atomic E-state index is 12.2. The molecule has 1 N–H and O–H groups in total. The topological polar surface area (TPSA) is 32.3 Å². The van der Waals surface area contributed by atoms with Crippen molar-refractivity contribution in [3.8, 4) is 0 Å². The van der Waals surface area contributed by atoms with Gasteiger partial charge < -0.3 is 10.2 Å². The van der Waals surface area contributed by atoms with Crippen LogP contribution in [-0.2, 0) is 0 Å². The van der Waals surface area contributed by atoms with E-state index in [9.17, 15) is 4.79 Å². The summed E-state index contributed by atoms with van der Waals surface area (Å²) in [6, 6.07) is 10.2. The van der Waals surface area contributed by atoms with Crippen molar-refractivity contribution in [2.45, 2.75) is 26.2 Å². The Balaban J connectivity index is 1.67. The first-order valence-electron chi connectivity index (χ1n) is 7.44. The van der Waals surface area contributed by atoms with E-state index in [2.05, 4.69) is 22.3 Å². The second kappa shape index (κ2) is 6.31. The van der Waals surface area contributed by atoms with Gasteiger partial charge in [-0.1, -0.05) is 0 Å². The van der Waals surface area contributed by atoms with Gasteiger partial charge in [0.2, 0.25) is 0 Å². The van der Waals surface area contributed by atoms with Crippen LogP contribution in [0.25, 0.3) is 0 Å². The fourth-order valence-electron chi connectivity index (χ4n) is 2.70. The molecule has 1 amide bonds. The van der Waals surface area contributed by atoms with Crippen LogP contribution in [0.4, 0.5) is 11.4 Å². The van der Waals surface area contributed by atoms with E-state index >= 15 is 0 Å². The van der Waals surface area contributed by atoms with Gasteiger partial charge in [0.1, 0.15) is 0 Å². The van der Waals surface area contributed by atoms with Crippen molar-refractivity contribution in [2.75, 3.05) is 23.3 Å². The van der Waals surface area contributed by atoms with Gasteiger partial charge in [0.05, 0.1) is 4.88 Å². The van der Waals surface area contributed by atoms with E-state index in [0.29, 0.717) is 0 Å². The van der Waals surface area contributed by atoms with Crippen LogP contribution >= 0.6 is 11.3 Å². The summed E-state index contributed by atoms with van der Waals surface area (Å²) in [5.74, 6) is -0.0202. The molecular formula is C17H20N2OS. The monoisotopic (exact) mass is 300 g/mol. The molecule has 1 aromatic carbocycles. The fraction of sp³-hybridized carbons (Fsp3) is 0.353. The van der Waals surface area contributed by atoms with Crippen LogP contribution in [0.1, 0.15) is 34.5 Å². The van der Waals surface area contributed by atoms with Crippen LogP contribution in [0.5, 0.6) is 0 Å². The summed E-state index contributed by atoms with van der Waals surface area (Å²) in [5, 5.41) is 4.92. The maximum atomic E-state index is 12.2. The zero-order valence-corrected chi connectivity index (χ0v) is 13.1. The van der Waals surface area contributed by atoms with Gasteiger partial charge >= 0.3 is 0 Å². The first-order chi connectivity index (χ1) is 10.2. The van der Waals surface area contributed by atoms with Crippen molar-refractivity contribution in [1.82, 2.24) is 0 Å². The Kier molecular flexibility index (Phi) is 4.25. The summed E-state index contributed by atoms with van der Waals surface area (Å²) >= 11 is 1.48. The first kappa shape index (κ1) is 14.1. The summed E-state index contributed by atoms with van der Waals surface area (Å²) in [7, 11) is 0. The van der Waals surface area contributed by atoms with E-state index < -0.39 is 0 Å². The van der Waals surface area contributed by atoms with E-state index in [1.807, 2.05) is 30.5 Å². The quantitative estimate of drug-likeness (QED) is 0.916. The average molecular weight is 300 g/mol. The lowest BCUT2D eigenvalue weighted by atomic mass is 10.1. The standard InChI is InChI=1S/C17H20N2OS/c1-13-9-12-21-16(13)17(20)18-14-5-7-15(8-6-14)19-10-3-2-4-11-19/h5-9,12H,2-4,10-11H2,1H3,(H,18,20). The molecule has 0 bridgehead atoms. The zero-order chi connectivity index (χ0) is 14.7. The van der Waals surface area contributed by atoms with E-state index in [1.165, 1.54) is 36.3 Å². The number of thiophene rings is 1. The summed E-state index contributed by atoms with van der Waals surface area (Å²) in [5.41, 5.74) is 3.14. The second-order valence-corrected chi connectivity index (χ2v) is 6.40. The molecule has 0 radical (unpaired) electrons. The highest BCUT2D eigenvalue weighted by Crippen LogP contribution is 2.23. The molecule has 110 valence electrons. The summed E-state index contributed by atoms with van der Waals surface area (Å²) in [6.07, 6.45) is 3.89. The van der Waals surface area contributed by atoms with Crippen LogP contribution in [0.3, 0.4) is 0 Å². The number of hydrogen-bond acceptors (Lipinski definition) is 3. The van der Waals surface area contributed by atoms with Gasteiger partial charge in [0, 0.05) is 24.5 Å². The lowest BCUT2D eigenvalue weighted by molar-refractivity contribution is 0.103. The van der Waals surface area contributed by atoms with Gasteiger partial charge in [-0.05, 0) is 67.5 Å². The molecule has 3 rings (SSSR count). The third-order valence-corrected chi connectivity index (χ3v) is 4.93. The van der Waals surface area contributed by atoms with Gasteiger partial charge in [0.25, 0.3) is 5.91 Å². The van der Waals surface area contributed by atoms with Crippen molar-refractivity contribution in [3.63, 3.8) is 0 Å². The third kappa shape index (κ3) is 3.27. The predicted octanol–water partition coefficient (Wildman–Crippen LogP) is 4.30. The van der Waals surface area contributed by atoms with E-state index in [-0.39, 0.29) is 5.91 Å². The smallest absolute Gasteiger partial charge is 0.265 e. The normalized spacial score (nSPS) is 15.0. The number of carbonyl (C=O) groups excluding carboxylic acids is 1. The van der Waals surface area contributed by atoms with Crippen LogP contribution in [-0.4, -0.2) is 19.0 Å². The fourth-order valence-corrected chi connectivity index (χ4v) is 3.52. The van der Waals surface area contributed by atoms with Crippen molar-refractivity contribution in [3.05, 3.63) is 46.2 Å². The number of piperidine rings is 1. The third-order valence-electron chi connectivity index (χ3n) is 3.91. The molecule has 0 atom stereocenters. The highest BCUT2D eigenvalue weighted by Gasteiger charge is 2.12. The molecule has 0 unspecified atom stereocenters. The van der Waals surface area contributed by atoms with Crippen molar-refractivity contribution < 1.29 is 4.79 Å². The molecule has 0 spiro atoms. The minimum Gasteiger partial charge on any atom is -0.372 e. The molecule has 3 nitrogen and oxygen atoms in total. The number of nitrogens with zero attached hydrogens (tertiary/aromatic N) is 1. The van der Waals surface area contributed by atoms with Gasteiger partial charge in [-0.2, -0.15) is 0 Å². The highest BCUT2D eigenvalue weighted by atomic mass is 32.1. The van der Waals surface area contributed by atoms with Gasteiger partial charge in [-0.25, -0.2) is 0 Å². The van der Waals surface area contributed by atoms with Crippen LogP contribution in [0.2, 0.25) is 0 Å². The lowest BCUT2D eigenvalue weighted by Crippen LogP contribution is -2.29. The van der Waals surface area contributed by atoms with Crippen molar-refractivity contribution >= 4 is 28.6 Å². The molecule has 0 saturated carbocycles. The molecule has 1 saturated heterocycles. The van der Waals surface area contributed by atoms with Crippen LogP contribution < -0.4 is 10.2 Å². The Hall–Kier alpha value is -1.81. The largest absolute Gasteiger partial charge is 0.372 e. The Bertz CT molecular complexity index is 612. The van der Waals surface area contributed by atoms with Crippen molar-refractivity contribution in [2.24, 2.45) is 0 Å².